The summed E-state index contributed by atoms with van der Waals surface area (Å²) in [6, 6.07) is 31.8. The molecule has 0 bridgehead atoms. The molecular formula is C30H22F3N3O. The summed E-state index contributed by atoms with van der Waals surface area (Å²) in [5.41, 5.74) is 4.73. The van der Waals surface area contributed by atoms with Crippen LogP contribution in [-0.4, -0.2) is 15.7 Å². The highest BCUT2D eigenvalue weighted by Gasteiger charge is 2.30. The number of hydrogen-bond donors (Lipinski definition) is 1. The number of carbonyl (C=O) groups is 1. The van der Waals surface area contributed by atoms with Crippen molar-refractivity contribution in [3.05, 3.63) is 126 Å². The minimum atomic E-state index is -4.51. The van der Waals surface area contributed by atoms with Crippen LogP contribution in [0.2, 0.25) is 0 Å². The molecule has 0 atom stereocenters. The van der Waals surface area contributed by atoms with Gasteiger partial charge in [-0.25, -0.2) is 4.68 Å². The number of rotatable bonds is 5. The highest BCUT2D eigenvalue weighted by atomic mass is 19.4. The predicted molar refractivity (Wildman–Crippen MR) is 139 cm³/mol. The molecule has 4 nitrogen and oxygen atoms in total. The fourth-order valence-electron chi connectivity index (χ4n) is 4.09. The molecule has 0 spiro atoms. The second-order valence-corrected chi connectivity index (χ2v) is 8.64. The van der Waals surface area contributed by atoms with Gasteiger partial charge in [-0.2, -0.15) is 18.3 Å². The molecule has 7 heteroatoms. The number of alkyl halides is 3. The maximum Gasteiger partial charge on any atom is 0.416 e. The standard InChI is InChI=1S/C30H22F3N3O/c1-20-7-5-12-26(17-20)36-28(23-15-13-22(14-16-23)21-8-3-2-4-9-21)19-27(35-36)29(37)34-25-11-6-10-24(18-25)30(31,32)33/h2-19H,1H3,(H,34,37). The van der Waals surface area contributed by atoms with Gasteiger partial charge in [0.15, 0.2) is 5.69 Å². The summed E-state index contributed by atoms with van der Waals surface area (Å²) >= 11 is 0. The second kappa shape index (κ2) is 9.78. The highest BCUT2D eigenvalue weighted by molar-refractivity contribution is 6.03. The second-order valence-electron chi connectivity index (χ2n) is 8.64. The van der Waals surface area contributed by atoms with Crippen molar-refractivity contribution in [3.63, 3.8) is 0 Å². The van der Waals surface area contributed by atoms with E-state index >= 15 is 0 Å². The third kappa shape index (κ3) is 5.30. The molecule has 1 N–H and O–H groups in total. The van der Waals surface area contributed by atoms with Crippen molar-refractivity contribution in [2.75, 3.05) is 5.32 Å². The Morgan fingerprint density at radius 2 is 1.43 bits per heavy atom. The van der Waals surface area contributed by atoms with Gasteiger partial charge in [-0.05, 0) is 60.0 Å². The van der Waals surface area contributed by atoms with Gasteiger partial charge in [0.25, 0.3) is 5.91 Å². The van der Waals surface area contributed by atoms with Gasteiger partial charge >= 0.3 is 6.18 Å². The van der Waals surface area contributed by atoms with Gasteiger partial charge in [-0.3, -0.25) is 4.79 Å². The molecule has 0 fully saturated rings. The minimum Gasteiger partial charge on any atom is -0.321 e. The summed E-state index contributed by atoms with van der Waals surface area (Å²) in [4.78, 5) is 13.0. The van der Waals surface area contributed by atoms with E-state index in [1.807, 2.05) is 85.8 Å². The zero-order valence-electron chi connectivity index (χ0n) is 19.8. The van der Waals surface area contributed by atoms with Gasteiger partial charge in [0, 0.05) is 11.3 Å². The molecule has 0 aliphatic carbocycles. The lowest BCUT2D eigenvalue weighted by molar-refractivity contribution is -0.137. The Morgan fingerprint density at radius 3 is 2.14 bits per heavy atom. The van der Waals surface area contributed by atoms with Crippen LogP contribution < -0.4 is 5.32 Å². The fraction of sp³-hybridized carbons (Fsp3) is 0.0667. The number of halogens is 3. The van der Waals surface area contributed by atoms with E-state index in [9.17, 15) is 18.0 Å². The van der Waals surface area contributed by atoms with Gasteiger partial charge in [0.2, 0.25) is 0 Å². The largest absolute Gasteiger partial charge is 0.416 e. The zero-order chi connectivity index (χ0) is 26.0. The Kier molecular flexibility index (Phi) is 6.36. The van der Waals surface area contributed by atoms with Crippen LogP contribution >= 0.6 is 0 Å². The molecule has 5 aromatic rings. The predicted octanol–water partition coefficient (Wildman–Crippen LogP) is 7.79. The van der Waals surface area contributed by atoms with Crippen LogP contribution in [0.3, 0.4) is 0 Å². The first-order valence-electron chi connectivity index (χ1n) is 11.6. The van der Waals surface area contributed by atoms with E-state index in [1.54, 1.807) is 10.7 Å². The Hall–Kier alpha value is -4.65. The van der Waals surface area contributed by atoms with Crippen LogP contribution in [0.25, 0.3) is 28.1 Å². The van der Waals surface area contributed by atoms with Crippen molar-refractivity contribution in [2.24, 2.45) is 0 Å². The van der Waals surface area contributed by atoms with E-state index in [2.05, 4.69) is 10.4 Å². The Balaban J connectivity index is 1.51. The summed E-state index contributed by atoms with van der Waals surface area (Å²) < 4.78 is 41.0. The van der Waals surface area contributed by atoms with Gasteiger partial charge in [0.05, 0.1) is 16.9 Å². The molecule has 0 radical (unpaired) electrons. The molecule has 1 amide bonds. The Morgan fingerprint density at radius 1 is 0.757 bits per heavy atom. The average Bonchev–Trinajstić information content (AvgIpc) is 3.35. The van der Waals surface area contributed by atoms with Crippen molar-refractivity contribution < 1.29 is 18.0 Å². The number of amides is 1. The summed E-state index contributed by atoms with van der Waals surface area (Å²) in [5.74, 6) is -0.604. The van der Waals surface area contributed by atoms with E-state index in [0.29, 0.717) is 5.69 Å². The molecule has 1 heterocycles. The summed E-state index contributed by atoms with van der Waals surface area (Å²) in [7, 11) is 0. The van der Waals surface area contributed by atoms with Gasteiger partial charge < -0.3 is 5.32 Å². The van der Waals surface area contributed by atoms with Crippen LogP contribution in [0.1, 0.15) is 21.6 Å². The smallest absolute Gasteiger partial charge is 0.321 e. The maximum absolute atomic E-state index is 13.1. The zero-order valence-corrected chi connectivity index (χ0v) is 19.8. The van der Waals surface area contributed by atoms with Crippen LogP contribution in [0.5, 0.6) is 0 Å². The van der Waals surface area contributed by atoms with Crippen LogP contribution in [0.4, 0.5) is 18.9 Å². The number of benzene rings is 4. The van der Waals surface area contributed by atoms with Gasteiger partial charge in [-0.15, -0.1) is 0 Å². The van der Waals surface area contributed by atoms with E-state index in [1.165, 1.54) is 12.1 Å². The summed E-state index contributed by atoms with van der Waals surface area (Å²) in [5, 5.41) is 7.07. The number of aryl methyl sites for hydroxylation is 1. The number of anilines is 1. The lowest BCUT2D eigenvalue weighted by Crippen LogP contribution is -2.14. The van der Waals surface area contributed by atoms with Gasteiger partial charge in [0.1, 0.15) is 0 Å². The monoisotopic (exact) mass is 497 g/mol. The van der Waals surface area contributed by atoms with Crippen molar-refractivity contribution in [1.29, 1.82) is 0 Å². The first kappa shape index (κ1) is 24.1. The van der Waals surface area contributed by atoms with Crippen molar-refractivity contribution in [1.82, 2.24) is 9.78 Å². The van der Waals surface area contributed by atoms with E-state index in [-0.39, 0.29) is 11.4 Å². The van der Waals surface area contributed by atoms with E-state index in [0.717, 1.165) is 40.1 Å². The lowest BCUT2D eigenvalue weighted by atomic mass is 10.0. The van der Waals surface area contributed by atoms with Crippen LogP contribution in [0.15, 0.2) is 109 Å². The van der Waals surface area contributed by atoms with Crippen molar-refractivity contribution >= 4 is 11.6 Å². The first-order chi connectivity index (χ1) is 17.8. The van der Waals surface area contributed by atoms with Crippen LogP contribution in [0, 0.1) is 6.92 Å². The molecule has 0 aliphatic rings. The quantitative estimate of drug-likeness (QED) is 0.269. The SMILES string of the molecule is Cc1cccc(-n2nc(C(=O)Nc3cccc(C(F)(F)F)c3)cc2-c2ccc(-c3ccccc3)cc2)c1. The number of hydrogen-bond acceptors (Lipinski definition) is 2. The van der Waals surface area contributed by atoms with Gasteiger partial charge in [-0.1, -0.05) is 72.8 Å². The number of nitrogens with one attached hydrogen (secondary N) is 1. The van der Waals surface area contributed by atoms with E-state index < -0.39 is 17.6 Å². The molecular weight excluding hydrogens is 475 g/mol. The molecule has 0 saturated heterocycles. The molecule has 5 rings (SSSR count). The van der Waals surface area contributed by atoms with Crippen molar-refractivity contribution in [2.45, 2.75) is 13.1 Å². The van der Waals surface area contributed by atoms with E-state index in [4.69, 9.17) is 0 Å². The molecule has 184 valence electrons. The topological polar surface area (TPSA) is 46.9 Å². The average molecular weight is 498 g/mol. The number of carbonyl (C=O) groups excluding carboxylic acids is 1. The molecule has 0 unspecified atom stereocenters. The molecule has 0 aliphatic heterocycles. The number of aromatic nitrogens is 2. The third-order valence-electron chi connectivity index (χ3n) is 5.92. The number of nitrogens with zero attached hydrogens (tertiary/aromatic N) is 2. The molecule has 37 heavy (non-hydrogen) atoms. The highest BCUT2D eigenvalue weighted by Crippen LogP contribution is 2.31. The molecule has 1 aromatic heterocycles. The lowest BCUT2D eigenvalue weighted by Gasteiger charge is -2.09. The minimum absolute atomic E-state index is 0.0405. The van der Waals surface area contributed by atoms with Crippen molar-refractivity contribution in [3.8, 4) is 28.1 Å². The van der Waals surface area contributed by atoms with Crippen LogP contribution in [-0.2, 0) is 6.18 Å². The normalized spacial score (nSPS) is 11.4. The Bertz CT molecular complexity index is 1560. The third-order valence-corrected chi connectivity index (χ3v) is 5.92. The maximum atomic E-state index is 13.1. The molecule has 0 saturated carbocycles. The summed E-state index contributed by atoms with van der Waals surface area (Å²) in [6.07, 6.45) is -4.51. The Labute approximate surface area is 212 Å². The molecule has 4 aromatic carbocycles. The first-order valence-corrected chi connectivity index (χ1v) is 11.6. The summed E-state index contributed by atoms with van der Waals surface area (Å²) in [6.45, 7) is 1.96. The fourth-order valence-corrected chi connectivity index (χ4v) is 4.09.